The number of aryl methyl sites for hydroxylation is 1. The van der Waals surface area contributed by atoms with E-state index >= 15 is 0 Å². The van der Waals surface area contributed by atoms with Gasteiger partial charge in [-0.15, -0.1) is 0 Å². The SMILES string of the molecule is COC(=O)c1cc(C)cc2c(C(=O)C(F)(F)F)c(C(F)(F)F)[nH]c12. The lowest BCUT2D eigenvalue weighted by Gasteiger charge is -2.09. The number of carbonyl (C=O) groups is 2. The summed E-state index contributed by atoms with van der Waals surface area (Å²) in [5.41, 5.74) is -4.20. The van der Waals surface area contributed by atoms with Gasteiger partial charge in [0.15, 0.2) is 0 Å². The van der Waals surface area contributed by atoms with Crippen molar-refractivity contribution in [3.63, 3.8) is 0 Å². The first-order valence-corrected chi connectivity index (χ1v) is 6.31. The quantitative estimate of drug-likeness (QED) is 0.504. The van der Waals surface area contributed by atoms with Crippen LogP contribution in [0.25, 0.3) is 10.9 Å². The highest BCUT2D eigenvalue weighted by atomic mass is 19.4. The highest BCUT2D eigenvalue weighted by Crippen LogP contribution is 2.39. The van der Waals surface area contributed by atoms with Crippen LogP contribution in [0.15, 0.2) is 12.1 Å². The average molecular weight is 353 g/mol. The Morgan fingerprint density at radius 2 is 1.67 bits per heavy atom. The van der Waals surface area contributed by atoms with Crippen molar-refractivity contribution in [3.05, 3.63) is 34.5 Å². The summed E-state index contributed by atoms with van der Waals surface area (Å²) < 4.78 is 81.8. The van der Waals surface area contributed by atoms with Crippen LogP contribution in [0, 0.1) is 6.92 Å². The van der Waals surface area contributed by atoms with E-state index in [1.165, 1.54) is 6.92 Å². The second-order valence-corrected chi connectivity index (χ2v) is 4.93. The summed E-state index contributed by atoms with van der Waals surface area (Å²) in [6.07, 6.45) is -10.8. The van der Waals surface area contributed by atoms with Gasteiger partial charge in [0.05, 0.1) is 23.8 Å². The Bertz CT molecular complexity index is 832. The third-order valence-electron chi connectivity index (χ3n) is 3.23. The second kappa shape index (κ2) is 5.53. The number of fused-ring (bicyclic) bond motifs is 1. The lowest BCUT2D eigenvalue weighted by Crippen LogP contribution is -2.25. The van der Waals surface area contributed by atoms with Gasteiger partial charge in [-0.25, -0.2) is 4.79 Å². The maximum absolute atomic E-state index is 13.1. The van der Waals surface area contributed by atoms with Crippen molar-refractivity contribution in [1.29, 1.82) is 0 Å². The number of hydrogen-bond acceptors (Lipinski definition) is 3. The molecule has 2 rings (SSSR count). The zero-order chi connectivity index (χ0) is 18.4. The summed E-state index contributed by atoms with van der Waals surface area (Å²) in [5.74, 6) is -3.70. The summed E-state index contributed by atoms with van der Waals surface area (Å²) in [7, 11) is 0.964. The molecule has 0 aliphatic heterocycles. The van der Waals surface area contributed by atoms with E-state index in [4.69, 9.17) is 0 Å². The predicted molar refractivity (Wildman–Crippen MR) is 69.8 cm³/mol. The number of esters is 1. The molecule has 0 aliphatic rings. The number of aromatic nitrogens is 1. The van der Waals surface area contributed by atoms with E-state index in [2.05, 4.69) is 4.74 Å². The van der Waals surface area contributed by atoms with Crippen molar-refractivity contribution in [3.8, 4) is 0 Å². The van der Waals surface area contributed by atoms with Crippen molar-refractivity contribution in [2.75, 3.05) is 7.11 Å². The molecule has 0 fully saturated rings. The van der Waals surface area contributed by atoms with Crippen LogP contribution in [0.2, 0.25) is 0 Å². The lowest BCUT2D eigenvalue weighted by molar-refractivity contribution is -0.141. The van der Waals surface area contributed by atoms with E-state index in [0.717, 1.165) is 19.2 Å². The second-order valence-electron chi connectivity index (χ2n) is 4.93. The fraction of sp³-hybridized carbons (Fsp3) is 0.286. The third-order valence-corrected chi connectivity index (χ3v) is 3.23. The molecule has 2 aromatic rings. The van der Waals surface area contributed by atoms with Crippen molar-refractivity contribution in [2.24, 2.45) is 0 Å². The van der Waals surface area contributed by atoms with E-state index in [0.29, 0.717) is 0 Å². The Morgan fingerprint density at radius 3 is 2.12 bits per heavy atom. The Balaban J connectivity index is 2.96. The van der Waals surface area contributed by atoms with Gasteiger partial charge in [-0.3, -0.25) is 4.79 Å². The molecule has 1 N–H and O–H groups in total. The molecule has 0 atom stereocenters. The number of H-pyrrole nitrogens is 1. The molecule has 0 bridgehead atoms. The number of Topliss-reactive ketones (excluding diaryl/α,β-unsaturated/α-hetero) is 1. The molecule has 0 amide bonds. The normalized spacial score (nSPS) is 12.5. The lowest BCUT2D eigenvalue weighted by atomic mass is 10.0. The van der Waals surface area contributed by atoms with Gasteiger partial charge in [0.1, 0.15) is 5.69 Å². The first-order chi connectivity index (χ1) is 10.9. The van der Waals surface area contributed by atoms with Crippen LogP contribution < -0.4 is 0 Å². The highest BCUT2D eigenvalue weighted by Gasteiger charge is 2.47. The Hall–Kier alpha value is -2.52. The summed E-state index contributed by atoms with van der Waals surface area (Å²) >= 11 is 0. The van der Waals surface area contributed by atoms with Crippen LogP contribution in [0.4, 0.5) is 26.3 Å². The number of ketones is 1. The minimum absolute atomic E-state index is 0.187. The van der Waals surface area contributed by atoms with Gasteiger partial charge in [0.2, 0.25) is 0 Å². The average Bonchev–Trinajstić information content (AvgIpc) is 2.82. The van der Waals surface area contributed by atoms with Crippen molar-refractivity contribution in [2.45, 2.75) is 19.3 Å². The molecule has 4 nitrogen and oxygen atoms in total. The number of halogens is 6. The molecule has 0 aliphatic carbocycles. The number of carbonyl (C=O) groups excluding carboxylic acids is 2. The number of aromatic amines is 1. The van der Waals surface area contributed by atoms with E-state index in [1.54, 1.807) is 4.98 Å². The first kappa shape index (κ1) is 17.8. The van der Waals surface area contributed by atoms with Crippen molar-refractivity contribution in [1.82, 2.24) is 4.98 Å². The number of benzene rings is 1. The summed E-state index contributed by atoms with van der Waals surface area (Å²) in [6.45, 7) is 1.36. The largest absolute Gasteiger partial charge is 0.465 e. The first-order valence-electron chi connectivity index (χ1n) is 6.31. The maximum Gasteiger partial charge on any atom is 0.454 e. The van der Waals surface area contributed by atoms with E-state index in [9.17, 15) is 35.9 Å². The van der Waals surface area contributed by atoms with E-state index < -0.39 is 51.8 Å². The van der Waals surface area contributed by atoms with Gasteiger partial charge in [-0.05, 0) is 24.6 Å². The van der Waals surface area contributed by atoms with Crippen LogP contribution in [0.3, 0.4) is 0 Å². The molecule has 1 heterocycles. The van der Waals surface area contributed by atoms with Crippen LogP contribution in [-0.2, 0) is 10.9 Å². The third kappa shape index (κ3) is 2.95. The van der Waals surface area contributed by atoms with E-state index in [-0.39, 0.29) is 5.56 Å². The molecule has 0 saturated carbocycles. The topological polar surface area (TPSA) is 59.2 Å². The molecular weight excluding hydrogens is 344 g/mol. The van der Waals surface area contributed by atoms with Gasteiger partial charge in [0.25, 0.3) is 5.78 Å². The summed E-state index contributed by atoms with van der Waals surface area (Å²) in [6, 6.07) is 2.11. The monoisotopic (exact) mass is 353 g/mol. The van der Waals surface area contributed by atoms with Crippen molar-refractivity contribution >= 4 is 22.7 Å². The molecule has 0 spiro atoms. The highest BCUT2D eigenvalue weighted by molar-refractivity contribution is 6.15. The zero-order valence-corrected chi connectivity index (χ0v) is 12.1. The maximum atomic E-state index is 13.1. The number of rotatable bonds is 2. The standard InChI is InChI=1S/C14H9F6NO3/c1-5-3-6-8(11(22)14(18,19)20)10(13(15,16)17)21-9(6)7(4-5)12(23)24-2/h3-4,21H,1-2H3. The Morgan fingerprint density at radius 1 is 1.08 bits per heavy atom. The van der Waals surface area contributed by atoms with Gasteiger partial charge in [0, 0.05) is 5.39 Å². The van der Waals surface area contributed by atoms with Gasteiger partial charge < -0.3 is 9.72 Å². The number of alkyl halides is 6. The zero-order valence-electron chi connectivity index (χ0n) is 12.1. The van der Waals surface area contributed by atoms with Crippen LogP contribution >= 0.6 is 0 Å². The van der Waals surface area contributed by atoms with Crippen LogP contribution in [-0.4, -0.2) is 30.0 Å². The molecule has 0 unspecified atom stereocenters. The Kier molecular flexibility index (Phi) is 4.11. The van der Waals surface area contributed by atoms with Gasteiger partial charge in [-0.2, -0.15) is 26.3 Å². The smallest absolute Gasteiger partial charge is 0.454 e. The molecule has 0 saturated heterocycles. The fourth-order valence-electron chi connectivity index (χ4n) is 2.30. The van der Waals surface area contributed by atoms with E-state index in [1.807, 2.05) is 0 Å². The molecule has 0 radical (unpaired) electrons. The van der Waals surface area contributed by atoms with Gasteiger partial charge in [-0.1, -0.05) is 0 Å². The Labute approximate surface area is 130 Å². The van der Waals surface area contributed by atoms with Crippen LogP contribution in [0.5, 0.6) is 0 Å². The molecular formula is C14H9F6NO3. The minimum atomic E-state index is -5.51. The summed E-state index contributed by atoms with van der Waals surface area (Å²) in [4.78, 5) is 24.9. The number of hydrogen-bond donors (Lipinski definition) is 1. The van der Waals surface area contributed by atoms with Gasteiger partial charge >= 0.3 is 18.3 Å². The van der Waals surface area contributed by atoms with Crippen molar-refractivity contribution < 1.29 is 40.7 Å². The molecule has 24 heavy (non-hydrogen) atoms. The number of methoxy groups -OCH3 is 1. The summed E-state index contributed by atoms with van der Waals surface area (Å²) in [5, 5.41) is -0.648. The molecule has 10 heteroatoms. The molecule has 130 valence electrons. The van der Waals surface area contributed by atoms with Crippen LogP contribution in [0.1, 0.15) is 32.0 Å². The predicted octanol–water partition coefficient (Wildman–Crippen LogP) is 4.03. The minimum Gasteiger partial charge on any atom is -0.465 e. The number of ether oxygens (including phenoxy) is 1. The number of nitrogens with one attached hydrogen (secondary N) is 1. The molecule has 1 aromatic carbocycles. The fourth-order valence-corrected chi connectivity index (χ4v) is 2.30. The molecule has 1 aromatic heterocycles.